The predicted molar refractivity (Wildman–Crippen MR) is 67.3 cm³/mol. The molecule has 6 heteroatoms. The number of rotatable bonds is 3. The number of aryl methyl sites for hydroxylation is 1. The van der Waals surface area contributed by atoms with Crippen molar-refractivity contribution in [3.05, 3.63) is 23.8 Å². The lowest BCUT2D eigenvalue weighted by Crippen LogP contribution is -2.48. The summed E-state index contributed by atoms with van der Waals surface area (Å²) in [5.41, 5.74) is 5.04. The molecule has 0 radical (unpaired) electrons. The largest absolute Gasteiger partial charge is 0.487 e. The Morgan fingerprint density at radius 1 is 1.42 bits per heavy atom. The third-order valence-electron chi connectivity index (χ3n) is 3.01. The maximum absolute atomic E-state index is 10.7. The number of carboxylic acid groups (broad SMARTS) is 1. The second-order valence-corrected chi connectivity index (χ2v) is 4.90. The van der Waals surface area contributed by atoms with Gasteiger partial charge in [0.2, 0.25) is 0 Å². The SMILES string of the molecule is Cc1ccc2c(c1)OCC(O)(CC(N)C(=O)O)CO2. The Morgan fingerprint density at radius 3 is 2.68 bits per heavy atom. The fraction of sp³-hybridized carbons (Fsp3) is 0.462. The molecule has 19 heavy (non-hydrogen) atoms. The van der Waals surface area contributed by atoms with Gasteiger partial charge in [-0.1, -0.05) is 6.07 Å². The van der Waals surface area contributed by atoms with Crippen LogP contribution in [0.2, 0.25) is 0 Å². The van der Waals surface area contributed by atoms with Gasteiger partial charge in [-0.25, -0.2) is 0 Å². The van der Waals surface area contributed by atoms with E-state index >= 15 is 0 Å². The van der Waals surface area contributed by atoms with Gasteiger partial charge in [0.25, 0.3) is 0 Å². The van der Waals surface area contributed by atoms with Gasteiger partial charge in [-0.3, -0.25) is 4.79 Å². The molecule has 104 valence electrons. The van der Waals surface area contributed by atoms with Crippen molar-refractivity contribution < 1.29 is 24.5 Å². The van der Waals surface area contributed by atoms with Crippen molar-refractivity contribution in [2.24, 2.45) is 5.73 Å². The Hall–Kier alpha value is -1.79. The summed E-state index contributed by atoms with van der Waals surface area (Å²) in [7, 11) is 0. The van der Waals surface area contributed by atoms with Crippen LogP contribution in [-0.2, 0) is 4.79 Å². The molecule has 0 aliphatic carbocycles. The normalized spacial score (nSPS) is 23.5. The standard InChI is InChI=1S/C13H17NO5/c1-8-2-3-10-11(4-8)19-7-13(17,6-18-10)5-9(14)12(15)16/h2-4,9,17H,5-7,14H2,1H3,(H,15,16). The van der Waals surface area contributed by atoms with E-state index in [1.165, 1.54) is 0 Å². The monoisotopic (exact) mass is 267 g/mol. The summed E-state index contributed by atoms with van der Waals surface area (Å²) in [6.07, 6.45) is -0.130. The van der Waals surface area contributed by atoms with Crippen molar-refractivity contribution in [1.82, 2.24) is 0 Å². The number of aliphatic carboxylic acids is 1. The molecule has 2 atom stereocenters. The molecule has 1 aliphatic heterocycles. The molecule has 1 heterocycles. The molecule has 0 fully saturated rings. The third-order valence-corrected chi connectivity index (χ3v) is 3.01. The van der Waals surface area contributed by atoms with Gasteiger partial charge in [0.15, 0.2) is 11.5 Å². The minimum absolute atomic E-state index is 0.0512. The summed E-state index contributed by atoms with van der Waals surface area (Å²) in [5.74, 6) is -0.0868. The minimum atomic E-state index is -1.41. The lowest BCUT2D eigenvalue weighted by molar-refractivity contribution is -0.141. The number of hydrogen-bond acceptors (Lipinski definition) is 5. The Morgan fingerprint density at radius 2 is 2.05 bits per heavy atom. The van der Waals surface area contributed by atoms with E-state index in [1.54, 1.807) is 12.1 Å². The second kappa shape index (κ2) is 5.07. The van der Waals surface area contributed by atoms with Crippen molar-refractivity contribution >= 4 is 5.97 Å². The van der Waals surface area contributed by atoms with Crippen LogP contribution in [0.1, 0.15) is 12.0 Å². The second-order valence-electron chi connectivity index (χ2n) is 4.90. The fourth-order valence-corrected chi connectivity index (χ4v) is 1.93. The van der Waals surface area contributed by atoms with Crippen LogP contribution in [0, 0.1) is 6.92 Å². The van der Waals surface area contributed by atoms with Gasteiger partial charge in [-0.2, -0.15) is 0 Å². The van der Waals surface area contributed by atoms with E-state index in [-0.39, 0.29) is 19.6 Å². The van der Waals surface area contributed by atoms with Crippen LogP contribution in [0.4, 0.5) is 0 Å². The third kappa shape index (κ3) is 3.15. The molecular weight excluding hydrogens is 250 g/mol. The van der Waals surface area contributed by atoms with Crippen LogP contribution in [0.3, 0.4) is 0 Å². The molecule has 2 rings (SSSR count). The molecule has 1 aliphatic rings. The van der Waals surface area contributed by atoms with Gasteiger partial charge in [0, 0.05) is 6.42 Å². The summed E-state index contributed by atoms with van der Waals surface area (Å²) in [5, 5.41) is 19.1. The van der Waals surface area contributed by atoms with Crippen LogP contribution < -0.4 is 15.2 Å². The molecule has 0 saturated carbocycles. The van der Waals surface area contributed by atoms with Gasteiger partial charge in [-0.15, -0.1) is 0 Å². The maximum atomic E-state index is 10.7. The summed E-state index contributed by atoms with van der Waals surface area (Å²) in [6, 6.07) is 4.28. The molecule has 4 N–H and O–H groups in total. The van der Waals surface area contributed by atoms with E-state index in [0.717, 1.165) is 5.56 Å². The summed E-state index contributed by atoms with van der Waals surface area (Å²) >= 11 is 0. The highest BCUT2D eigenvalue weighted by atomic mass is 16.6. The summed E-state index contributed by atoms with van der Waals surface area (Å²) in [6.45, 7) is 1.82. The van der Waals surface area contributed by atoms with Crippen molar-refractivity contribution in [3.63, 3.8) is 0 Å². The number of benzene rings is 1. The van der Waals surface area contributed by atoms with Crippen LogP contribution in [0.5, 0.6) is 11.5 Å². The minimum Gasteiger partial charge on any atom is -0.487 e. The maximum Gasteiger partial charge on any atom is 0.320 e. The van der Waals surface area contributed by atoms with Gasteiger partial charge < -0.3 is 25.4 Å². The quantitative estimate of drug-likeness (QED) is 0.728. The number of aliphatic hydroxyl groups is 1. The zero-order valence-corrected chi connectivity index (χ0v) is 10.6. The summed E-state index contributed by atoms with van der Waals surface area (Å²) in [4.78, 5) is 10.7. The molecule has 0 saturated heterocycles. The first-order chi connectivity index (χ1) is 8.89. The lowest BCUT2D eigenvalue weighted by Gasteiger charge is -2.26. The van der Waals surface area contributed by atoms with Crippen molar-refractivity contribution in [1.29, 1.82) is 0 Å². The Bertz CT molecular complexity index is 490. The van der Waals surface area contributed by atoms with Crippen molar-refractivity contribution in [2.75, 3.05) is 13.2 Å². The van der Waals surface area contributed by atoms with E-state index < -0.39 is 17.6 Å². The molecule has 0 bridgehead atoms. The highest BCUT2D eigenvalue weighted by Crippen LogP contribution is 2.33. The van der Waals surface area contributed by atoms with Crippen molar-refractivity contribution in [3.8, 4) is 11.5 Å². The molecule has 2 unspecified atom stereocenters. The predicted octanol–water partition coefficient (Wildman–Crippen LogP) is 0.299. The highest BCUT2D eigenvalue weighted by molar-refractivity contribution is 5.73. The molecule has 1 aromatic rings. The van der Waals surface area contributed by atoms with Crippen LogP contribution >= 0.6 is 0 Å². The zero-order chi connectivity index (χ0) is 14.0. The molecule has 0 amide bonds. The molecular formula is C13H17NO5. The molecule has 6 nitrogen and oxygen atoms in total. The molecule has 1 aromatic carbocycles. The van der Waals surface area contributed by atoms with Crippen LogP contribution in [0.15, 0.2) is 18.2 Å². The molecule has 0 spiro atoms. The van der Waals surface area contributed by atoms with E-state index in [9.17, 15) is 9.90 Å². The fourth-order valence-electron chi connectivity index (χ4n) is 1.93. The van der Waals surface area contributed by atoms with Crippen molar-refractivity contribution in [2.45, 2.75) is 25.0 Å². The topological polar surface area (TPSA) is 102 Å². The Balaban J connectivity index is 2.12. The van der Waals surface area contributed by atoms with Gasteiger partial charge in [-0.05, 0) is 24.6 Å². The first kappa shape index (κ1) is 13.6. The summed E-state index contributed by atoms with van der Waals surface area (Å²) < 4.78 is 11.0. The van der Waals surface area contributed by atoms with E-state index in [1.807, 2.05) is 13.0 Å². The number of nitrogens with two attached hydrogens (primary N) is 1. The van der Waals surface area contributed by atoms with E-state index in [4.69, 9.17) is 20.3 Å². The zero-order valence-electron chi connectivity index (χ0n) is 10.6. The van der Waals surface area contributed by atoms with Gasteiger partial charge >= 0.3 is 5.97 Å². The number of hydrogen-bond donors (Lipinski definition) is 3. The number of carbonyl (C=O) groups is 1. The Labute approximate surface area is 110 Å². The van der Waals surface area contributed by atoms with E-state index in [2.05, 4.69) is 0 Å². The number of ether oxygens (including phenoxy) is 2. The molecule has 0 aromatic heterocycles. The highest BCUT2D eigenvalue weighted by Gasteiger charge is 2.36. The number of carboxylic acids is 1. The Kier molecular flexibility index (Phi) is 3.64. The van der Waals surface area contributed by atoms with Crippen LogP contribution in [0.25, 0.3) is 0 Å². The first-order valence-corrected chi connectivity index (χ1v) is 5.97. The first-order valence-electron chi connectivity index (χ1n) is 5.97. The average molecular weight is 267 g/mol. The van der Waals surface area contributed by atoms with Gasteiger partial charge in [0.1, 0.15) is 24.9 Å². The van der Waals surface area contributed by atoms with Crippen LogP contribution in [-0.4, -0.2) is 41.0 Å². The van der Waals surface area contributed by atoms with E-state index in [0.29, 0.717) is 11.5 Å². The smallest absolute Gasteiger partial charge is 0.320 e. The van der Waals surface area contributed by atoms with Gasteiger partial charge in [0.05, 0.1) is 0 Å². The average Bonchev–Trinajstić information content (AvgIpc) is 2.49. The lowest BCUT2D eigenvalue weighted by atomic mass is 9.97. The number of fused-ring (bicyclic) bond motifs is 1.